The predicted octanol–water partition coefficient (Wildman–Crippen LogP) is 6.79. The van der Waals surface area contributed by atoms with E-state index in [-0.39, 0.29) is 0 Å². The summed E-state index contributed by atoms with van der Waals surface area (Å²) in [6.45, 7) is 14.9. The first-order valence-electron chi connectivity index (χ1n) is 9.95. The fourth-order valence-electron chi connectivity index (χ4n) is 4.90. The van der Waals surface area contributed by atoms with Crippen molar-refractivity contribution in [2.75, 3.05) is 0 Å². The highest BCUT2D eigenvalue weighted by molar-refractivity contribution is 5.13. The van der Waals surface area contributed by atoms with Crippen LogP contribution in [0.25, 0.3) is 0 Å². The summed E-state index contributed by atoms with van der Waals surface area (Å²) < 4.78 is 0. The third-order valence-electron chi connectivity index (χ3n) is 7.01. The van der Waals surface area contributed by atoms with E-state index in [0.717, 1.165) is 35.5 Å². The van der Waals surface area contributed by atoms with Crippen LogP contribution >= 0.6 is 0 Å². The molecule has 124 valence electrons. The summed E-state index contributed by atoms with van der Waals surface area (Å²) in [5, 5.41) is 0. The average Bonchev–Trinajstić information content (AvgIpc) is 3.28. The van der Waals surface area contributed by atoms with E-state index in [1.54, 1.807) is 6.42 Å². The predicted molar refractivity (Wildman–Crippen MR) is 94.3 cm³/mol. The van der Waals surface area contributed by atoms with Gasteiger partial charge in [0.15, 0.2) is 0 Å². The average molecular weight is 293 g/mol. The van der Waals surface area contributed by atoms with Crippen molar-refractivity contribution in [3.8, 4) is 0 Å². The van der Waals surface area contributed by atoms with Crippen molar-refractivity contribution in [1.29, 1.82) is 0 Å². The first-order chi connectivity index (χ1) is 9.95. The Bertz CT molecular complexity index is 299. The molecule has 0 amide bonds. The first-order valence-corrected chi connectivity index (χ1v) is 9.95. The molecule has 2 saturated carbocycles. The maximum atomic E-state index is 2.53. The smallest absolute Gasteiger partial charge is 0.0326 e. The summed E-state index contributed by atoms with van der Waals surface area (Å²) in [4.78, 5) is 0. The van der Waals surface area contributed by atoms with E-state index in [1.165, 1.54) is 50.4 Å². The van der Waals surface area contributed by atoms with Gasteiger partial charge in [-0.25, -0.2) is 0 Å². The zero-order valence-corrected chi connectivity index (χ0v) is 15.6. The lowest BCUT2D eigenvalue weighted by Crippen LogP contribution is -2.21. The van der Waals surface area contributed by atoms with Crippen LogP contribution in [0.2, 0.25) is 0 Å². The lowest BCUT2D eigenvalue weighted by molar-refractivity contribution is 0.197. The zero-order chi connectivity index (χ0) is 15.6. The van der Waals surface area contributed by atoms with E-state index >= 15 is 0 Å². The Balaban J connectivity index is 1.63. The quantitative estimate of drug-likeness (QED) is 0.368. The molecule has 0 saturated heterocycles. The fourth-order valence-corrected chi connectivity index (χ4v) is 4.90. The van der Waals surface area contributed by atoms with Crippen LogP contribution in [-0.4, -0.2) is 0 Å². The summed E-state index contributed by atoms with van der Waals surface area (Å²) >= 11 is 0. The minimum absolute atomic E-state index is 0.899. The van der Waals surface area contributed by atoms with Crippen LogP contribution in [0.5, 0.6) is 0 Å². The van der Waals surface area contributed by atoms with Gasteiger partial charge < -0.3 is 0 Å². The zero-order valence-electron chi connectivity index (χ0n) is 15.6. The van der Waals surface area contributed by atoms with Gasteiger partial charge in [-0.05, 0) is 66.6 Å². The van der Waals surface area contributed by atoms with E-state index in [1.807, 2.05) is 0 Å². The Labute approximate surface area is 134 Å². The van der Waals surface area contributed by atoms with Gasteiger partial charge in [-0.1, -0.05) is 67.2 Å². The molecule has 0 heteroatoms. The van der Waals surface area contributed by atoms with Gasteiger partial charge in [-0.2, -0.15) is 0 Å². The van der Waals surface area contributed by atoms with Crippen LogP contribution in [-0.2, 0) is 0 Å². The molecule has 0 spiro atoms. The molecule has 7 unspecified atom stereocenters. The van der Waals surface area contributed by atoms with E-state index in [9.17, 15) is 0 Å². The maximum absolute atomic E-state index is 2.53. The molecule has 2 aliphatic rings. The maximum Gasteiger partial charge on any atom is -0.0326 e. The van der Waals surface area contributed by atoms with Crippen LogP contribution in [0.15, 0.2) is 0 Å². The Kier molecular flexibility index (Phi) is 6.21. The van der Waals surface area contributed by atoms with E-state index in [0.29, 0.717) is 0 Å². The van der Waals surface area contributed by atoms with Crippen LogP contribution < -0.4 is 0 Å². The fraction of sp³-hybridized carbons (Fsp3) is 1.00. The van der Waals surface area contributed by atoms with Crippen molar-refractivity contribution in [3.63, 3.8) is 0 Å². The molecule has 0 aromatic carbocycles. The minimum Gasteiger partial charge on any atom is -0.0654 e. The number of fused-ring (bicyclic) bond motifs is 1. The van der Waals surface area contributed by atoms with Gasteiger partial charge in [0.2, 0.25) is 0 Å². The van der Waals surface area contributed by atoms with Gasteiger partial charge in [0.1, 0.15) is 0 Å². The summed E-state index contributed by atoms with van der Waals surface area (Å²) in [6, 6.07) is 0. The number of hydrogen-bond donors (Lipinski definition) is 0. The molecule has 0 nitrogen and oxygen atoms in total. The molecule has 0 aromatic heterocycles. The van der Waals surface area contributed by atoms with Crippen molar-refractivity contribution < 1.29 is 0 Å². The van der Waals surface area contributed by atoms with Gasteiger partial charge in [-0.15, -0.1) is 0 Å². The summed E-state index contributed by atoms with van der Waals surface area (Å²) in [5.41, 5.74) is 0. The highest BCUT2D eigenvalue weighted by Crippen LogP contribution is 2.71. The first kappa shape index (κ1) is 17.4. The Morgan fingerprint density at radius 2 is 1.48 bits per heavy atom. The second-order valence-electron chi connectivity index (χ2n) is 9.00. The standard InChI is InChI=1S/C21H40/c1-7-8-9-10-14(2)11-15(3)18(6)16(4)12-17(5)21-19-13-20(19)21/h14-21H,7-13H2,1-6H3. The second-order valence-corrected chi connectivity index (χ2v) is 9.00. The largest absolute Gasteiger partial charge is 0.0654 e. The highest BCUT2D eigenvalue weighted by atomic mass is 14.7. The molecule has 2 aliphatic carbocycles. The molecule has 21 heavy (non-hydrogen) atoms. The van der Waals surface area contributed by atoms with Crippen molar-refractivity contribution in [2.24, 2.45) is 47.3 Å². The summed E-state index contributed by atoms with van der Waals surface area (Å²) in [5.74, 6) is 8.14. The van der Waals surface area contributed by atoms with Crippen molar-refractivity contribution >= 4 is 0 Å². The molecule has 0 bridgehead atoms. The molecule has 2 fully saturated rings. The molecule has 0 N–H and O–H groups in total. The van der Waals surface area contributed by atoms with Gasteiger partial charge in [0.05, 0.1) is 0 Å². The Hall–Kier alpha value is 0. The van der Waals surface area contributed by atoms with Gasteiger partial charge in [-0.3, -0.25) is 0 Å². The molecular formula is C21H40. The number of rotatable bonds is 11. The van der Waals surface area contributed by atoms with Gasteiger partial charge >= 0.3 is 0 Å². The van der Waals surface area contributed by atoms with E-state index < -0.39 is 0 Å². The minimum atomic E-state index is 0.899. The number of hydrogen-bond acceptors (Lipinski definition) is 0. The third kappa shape index (κ3) is 4.73. The van der Waals surface area contributed by atoms with Crippen LogP contribution in [0.1, 0.15) is 86.5 Å². The van der Waals surface area contributed by atoms with Gasteiger partial charge in [0.25, 0.3) is 0 Å². The topological polar surface area (TPSA) is 0 Å². The molecular weight excluding hydrogens is 252 g/mol. The molecule has 2 rings (SSSR count). The van der Waals surface area contributed by atoms with E-state index in [4.69, 9.17) is 0 Å². The third-order valence-corrected chi connectivity index (χ3v) is 7.01. The molecule has 0 heterocycles. The van der Waals surface area contributed by atoms with Crippen molar-refractivity contribution in [2.45, 2.75) is 86.5 Å². The molecule has 0 radical (unpaired) electrons. The van der Waals surface area contributed by atoms with Crippen molar-refractivity contribution in [1.82, 2.24) is 0 Å². The summed E-state index contributed by atoms with van der Waals surface area (Å²) in [7, 11) is 0. The molecule has 0 aromatic rings. The normalized spacial score (nSPS) is 33.7. The lowest BCUT2D eigenvalue weighted by Gasteiger charge is -2.30. The number of unbranched alkanes of at least 4 members (excludes halogenated alkanes) is 2. The van der Waals surface area contributed by atoms with Gasteiger partial charge in [0, 0.05) is 0 Å². The van der Waals surface area contributed by atoms with E-state index in [2.05, 4.69) is 41.5 Å². The molecule has 0 aliphatic heterocycles. The van der Waals surface area contributed by atoms with Crippen molar-refractivity contribution in [3.05, 3.63) is 0 Å². The second kappa shape index (κ2) is 7.51. The lowest BCUT2D eigenvalue weighted by atomic mass is 9.75. The monoisotopic (exact) mass is 292 g/mol. The Morgan fingerprint density at radius 3 is 2.00 bits per heavy atom. The van der Waals surface area contributed by atoms with Crippen LogP contribution in [0.4, 0.5) is 0 Å². The SMILES string of the molecule is CCCCCC(C)CC(C)C(C)C(C)CC(C)C1C2CC21. The highest BCUT2D eigenvalue weighted by Gasteiger charge is 2.65. The van der Waals surface area contributed by atoms with Crippen LogP contribution in [0.3, 0.4) is 0 Å². The molecule has 7 atom stereocenters. The Morgan fingerprint density at radius 1 is 0.857 bits per heavy atom. The summed E-state index contributed by atoms with van der Waals surface area (Å²) in [6.07, 6.45) is 10.2. The van der Waals surface area contributed by atoms with Crippen LogP contribution in [0, 0.1) is 47.3 Å².